The smallest absolute Gasteiger partial charge is 0.311 e. The summed E-state index contributed by atoms with van der Waals surface area (Å²) in [6.45, 7) is 2.06. The number of ether oxygens (including phenoxy) is 1. The maximum Gasteiger partial charge on any atom is 0.311 e. The van der Waals surface area contributed by atoms with Crippen LogP contribution < -0.4 is 0 Å². The van der Waals surface area contributed by atoms with Gasteiger partial charge < -0.3 is 9.84 Å². The number of halogens is 1. The van der Waals surface area contributed by atoms with E-state index >= 15 is 0 Å². The first-order chi connectivity index (χ1) is 9.08. The van der Waals surface area contributed by atoms with Crippen LogP contribution in [0.5, 0.6) is 5.75 Å². The number of nitrogens with zero attached hydrogens (tertiary/aromatic N) is 1. The molecule has 0 aliphatic heterocycles. The van der Waals surface area contributed by atoms with Gasteiger partial charge in [-0.15, -0.1) is 11.3 Å². The number of benzene rings is 1. The van der Waals surface area contributed by atoms with Gasteiger partial charge in [0.1, 0.15) is 16.6 Å². The zero-order chi connectivity index (χ0) is 13.8. The second-order valence-corrected chi connectivity index (χ2v) is 4.68. The number of phenols is 1. The Balaban J connectivity index is 2.18. The molecule has 0 radical (unpaired) electrons. The highest BCUT2D eigenvalue weighted by Gasteiger charge is 2.11. The number of thiazole rings is 1. The molecule has 0 aliphatic rings. The number of rotatable bonds is 4. The average Bonchev–Trinajstić information content (AvgIpc) is 2.76. The van der Waals surface area contributed by atoms with Gasteiger partial charge in [-0.1, -0.05) is 0 Å². The minimum Gasteiger partial charge on any atom is -0.508 e. The van der Waals surface area contributed by atoms with Crippen molar-refractivity contribution in [1.82, 2.24) is 4.98 Å². The van der Waals surface area contributed by atoms with E-state index in [1.54, 1.807) is 12.3 Å². The van der Waals surface area contributed by atoms with Crippen molar-refractivity contribution in [3.05, 3.63) is 35.1 Å². The molecular weight excluding hydrogens is 269 g/mol. The number of aromatic nitrogens is 1. The van der Waals surface area contributed by atoms with Crippen LogP contribution in [0.3, 0.4) is 0 Å². The number of phenolic OH excluding ortho intramolecular Hbond substituents is 1. The maximum absolute atomic E-state index is 13.2. The number of hydrogen-bond acceptors (Lipinski definition) is 5. The third-order valence-electron chi connectivity index (χ3n) is 2.31. The van der Waals surface area contributed by atoms with Crippen molar-refractivity contribution in [2.45, 2.75) is 13.3 Å². The van der Waals surface area contributed by atoms with Crippen LogP contribution in [0.25, 0.3) is 10.6 Å². The van der Waals surface area contributed by atoms with Crippen LogP contribution in [-0.2, 0) is 16.0 Å². The first-order valence-corrected chi connectivity index (χ1v) is 6.56. The van der Waals surface area contributed by atoms with Gasteiger partial charge in [0.2, 0.25) is 0 Å². The summed E-state index contributed by atoms with van der Waals surface area (Å²) in [6.07, 6.45) is 0.0889. The van der Waals surface area contributed by atoms with Gasteiger partial charge in [-0.2, -0.15) is 0 Å². The van der Waals surface area contributed by atoms with Gasteiger partial charge in [-0.3, -0.25) is 4.79 Å². The van der Waals surface area contributed by atoms with Gasteiger partial charge in [-0.05, 0) is 19.1 Å². The zero-order valence-corrected chi connectivity index (χ0v) is 11.0. The van der Waals surface area contributed by atoms with E-state index in [1.165, 1.54) is 23.5 Å². The average molecular weight is 281 g/mol. The Hall–Kier alpha value is -1.95. The largest absolute Gasteiger partial charge is 0.508 e. The fourth-order valence-corrected chi connectivity index (χ4v) is 2.39. The van der Waals surface area contributed by atoms with Crippen molar-refractivity contribution in [2.75, 3.05) is 6.61 Å². The number of hydrogen-bond donors (Lipinski definition) is 1. The highest BCUT2D eigenvalue weighted by molar-refractivity contribution is 7.13. The monoisotopic (exact) mass is 281 g/mol. The van der Waals surface area contributed by atoms with Crippen LogP contribution in [0.1, 0.15) is 12.6 Å². The molecule has 2 rings (SSSR count). The molecule has 2 aromatic rings. The molecule has 1 aromatic carbocycles. The van der Waals surface area contributed by atoms with Crippen LogP contribution >= 0.6 is 11.3 Å². The van der Waals surface area contributed by atoms with E-state index in [0.717, 1.165) is 6.07 Å². The Kier molecular flexibility index (Phi) is 4.11. The number of carbonyl (C=O) groups is 1. The molecule has 19 heavy (non-hydrogen) atoms. The fraction of sp³-hybridized carbons (Fsp3) is 0.231. The molecular formula is C13H12FNO3S. The lowest BCUT2D eigenvalue weighted by molar-refractivity contribution is -0.142. The minimum absolute atomic E-state index is 0.0889. The quantitative estimate of drug-likeness (QED) is 0.875. The standard InChI is InChI=1S/C13H12FNO3S/c1-2-18-12(17)6-10-7-19-13(15-10)8-3-9(14)5-11(16)4-8/h3-5,7,16H,2,6H2,1H3. The molecule has 0 fully saturated rings. The lowest BCUT2D eigenvalue weighted by Gasteiger charge is -1.99. The summed E-state index contributed by atoms with van der Waals surface area (Å²) in [5.74, 6) is -1.03. The molecule has 6 heteroatoms. The SMILES string of the molecule is CCOC(=O)Cc1csc(-c2cc(O)cc(F)c2)n1. The number of aromatic hydroxyl groups is 1. The van der Waals surface area contributed by atoms with E-state index < -0.39 is 5.82 Å². The Labute approximate surface area is 113 Å². The first-order valence-electron chi connectivity index (χ1n) is 5.68. The molecule has 1 N–H and O–H groups in total. The normalized spacial score (nSPS) is 10.4. The summed E-state index contributed by atoms with van der Waals surface area (Å²) < 4.78 is 18.0. The predicted octanol–water partition coefficient (Wildman–Crippen LogP) is 2.76. The van der Waals surface area contributed by atoms with E-state index in [9.17, 15) is 14.3 Å². The van der Waals surface area contributed by atoms with Crippen LogP contribution in [0.2, 0.25) is 0 Å². The Bertz CT molecular complexity index is 577. The van der Waals surface area contributed by atoms with E-state index in [2.05, 4.69) is 4.98 Å². The predicted molar refractivity (Wildman–Crippen MR) is 69.5 cm³/mol. The van der Waals surface area contributed by atoms with Crippen LogP contribution in [0.15, 0.2) is 23.6 Å². The van der Waals surface area contributed by atoms with E-state index in [1.807, 2.05) is 0 Å². The third kappa shape index (κ3) is 3.51. The molecule has 4 nitrogen and oxygen atoms in total. The molecule has 0 unspecified atom stereocenters. The minimum atomic E-state index is -0.530. The van der Waals surface area contributed by atoms with Crippen molar-refractivity contribution in [3.63, 3.8) is 0 Å². The van der Waals surface area contributed by atoms with Gasteiger partial charge in [0.15, 0.2) is 0 Å². The highest BCUT2D eigenvalue weighted by atomic mass is 32.1. The Morgan fingerprint density at radius 3 is 2.95 bits per heavy atom. The van der Waals surface area contributed by atoms with Gasteiger partial charge in [0.05, 0.1) is 18.7 Å². The fourth-order valence-electron chi connectivity index (χ4n) is 1.58. The van der Waals surface area contributed by atoms with E-state index in [4.69, 9.17) is 4.74 Å². The van der Waals surface area contributed by atoms with E-state index in [-0.39, 0.29) is 18.1 Å². The molecule has 1 heterocycles. The van der Waals surface area contributed by atoms with E-state index in [0.29, 0.717) is 22.9 Å². The summed E-state index contributed by atoms with van der Waals surface area (Å²) in [5, 5.41) is 11.6. The Morgan fingerprint density at radius 1 is 1.47 bits per heavy atom. The van der Waals surface area contributed by atoms with Gasteiger partial charge in [0, 0.05) is 17.0 Å². The molecule has 0 amide bonds. The molecule has 0 saturated heterocycles. The topological polar surface area (TPSA) is 59.4 Å². The van der Waals surface area contributed by atoms with Gasteiger partial charge >= 0.3 is 5.97 Å². The molecule has 1 aromatic heterocycles. The number of carbonyl (C=O) groups excluding carboxylic acids is 1. The van der Waals surface area contributed by atoms with Crippen LogP contribution in [-0.4, -0.2) is 22.7 Å². The number of esters is 1. The summed E-state index contributed by atoms with van der Waals surface area (Å²) in [5.41, 5.74) is 1.06. The van der Waals surface area contributed by atoms with Gasteiger partial charge in [0.25, 0.3) is 0 Å². The Morgan fingerprint density at radius 2 is 2.26 bits per heavy atom. The maximum atomic E-state index is 13.2. The van der Waals surface area contributed by atoms with Crippen molar-refractivity contribution in [2.24, 2.45) is 0 Å². The zero-order valence-electron chi connectivity index (χ0n) is 10.2. The summed E-state index contributed by atoms with van der Waals surface area (Å²) in [6, 6.07) is 3.74. The molecule has 0 spiro atoms. The summed E-state index contributed by atoms with van der Waals surface area (Å²) >= 11 is 1.28. The second kappa shape index (κ2) is 5.79. The lowest BCUT2D eigenvalue weighted by Crippen LogP contribution is -2.07. The highest BCUT2D eigenvalue weighted by Crippen LogP contribution is 2.27. The van der Waals surface area contributed by atoms with Crippen molar-refractivity contribution in [1.29, 1.82) is 0 Å². The molecule has 0 aliphatic carbocycles. The summed E-state index contributed by atoms with van der Waals surface area (Å²) in [4.78, 5) is 15.5. The third-order valence-corrected chi connectivity index (χ3v) is 3.25. The summed E-state index contributed by atoms with van der Waals surface area (Å²) in [7, 11) is 0. The molecule has 0 atom stereocenters. The molecule has 0 saturated carbocycles. The van der Waals surface area contributed by atoms with Crippen molar-refractivity contribution >= 4 is 17.3 Å². The van der Waals surface area contributed by atoms with Crippen LogP contribution in [0, 0.1) is 5.82 Å². The molecule has 100 valence electrons. The van der Waals surface area contributed by atoms with Crippen molar-refractivity contribution < 1.29 is 19.0 Å². The first kappa shape index (κ1) is 13.5. The lowest BCUT2D eigenvalue weighted by atomic mass is 10.2. The van der Waals surface area contributed by atoms with Crippen LogP contribution in [0.4, 0.5) is 4.39 Å². The van der Waals surface area contributed by atoms with Gasteiger partial charge in [-0.25, -0.2) is 9.37 Å². The molecule has 0 bridgehead atoms. The second-order valence-electron chi connectivity index (χ2n) is 3.82. The van der Waals surface area contributed by atoms with Crippen molar-refractivity contribution in [3.8, 4) is 16.3 Å².